The molecule has 0 aromatic rings. The van der Waals surface area contributed by atoms with Crippen molar-refractivity contribution in [1.82, 2.24) is 0 Å². The molecule has 0 N–H and O–H groups in total. The van der Waals surface area contributed by atoms with Gasteiger partial charge in [0.15, 0.2) is 0 Å². The first kappa shape index (κ1) is 20.7. The number of ether oxygens (including phenoxy) is 1. The van der Waals surface area contributed by atoms with Crippen LogP contribution in [0.4, 0.5) is 0 Å². The van der Waals surface area contributed by atoms with E-state index in [1.165, 1.54) is 77.0 Å². The Morgan fingerprint density at radius 1 is 0.750 bits per heavy atom. The van der Waals surface area contributed by atoms with Crippen molar-refractivity contribution >= 4 is 21.6 Å². The first-order chi connectivity index (χ1) is 9.85. The molecule has 0 fully saturated rings. The van der Waals surface area contributed by atoms with Gasteiger partial charge in [-0.15, -0.1) is 0 Å². The van der Waals surface area contributed by atoms with E-state index >= 15 is 0 Å². The van der Waals surface area contributed by atoms with Crippen molar-refractivity contribution in [2.75, 3.05) is 12.2 Å². The molecular weight excluding hydrogens is 284 g/mol. The van der Waals surface area contributed by atoms with Crippen molar-refractivity contribution in [1.29, 1.82) is 0 Å². The Kier molecular flexibility index (Phi) is 18.3. The molecule has 0 aliphatic carbocycles. The van der Waals surface area contributed by atoms with Crippen LogP contribution in [0, 0.1) is 0 Å². The van der Waals surface area contributed by atoms with E-state index in [4.69, 9.17) is 4.74 Å². The zero-order valence-corrected chi connectivity index (χ0v) is 15.6. The van der Waals surface area contributed by atoms with Crippen molar-refractivity contribution < 1.29 is 4.74 Å². The summed E-state index contributed by atoms with van der Waals surface area (Å²) in [7, 11) is 3.63. The SMILES string of the molecule is CCCCCCCC(CCCCCCC)OCSSC. The van der Waals surface area contributed by atoms with Gasteiger partial charge >= 0.3 is 0 Å². The second-order valence-electron chi connectivity index (χ2n) is 5.60. The van der Waals surface area contributed by atoms with Gasteiger partial charge in [0.25, 0.3) is 0 Å². The Morgan fingerprint density at radius 3 is 1.70 bits per heavy atom. The number of hydrogen-bond donors (Lipinski definition) is 0. The zero-order valence-electron chi connectivity index (χ0n) is 14.0. The Morgan fingerprint density at radius 2 is 1.25 bits per heavy atom. The van der Waals surface area contributed by atoms with E-state index in [-0.39, 0.29) is 0 Å². The monoisotopic (exact) mass is 320 g/mol. The van der Waals surface area contributed by atoms with E-state index in [2.05, 4.69) is 20.1 Å². The highest BCUT2D eigenvalue weighted by Crippen LogP contribution is 2.21. The molecule has 0 aromatic heterocycles. The summed E-state index contributed by atoms with van der Waals surface area (Å²) in [5.41, 5.74) is 0. The first-order valence-electron chi connectivity index (χ1n) is 8.62. The average molecular weight is 321 g/mol. The Hall–Kier alpha value is 0.660. The standard InChI is InChI=1S/C17H36OS2/c1-4-6-8-10-12-14-17(18-16-20-19-3)15-13-11-9-7-5-2/h17H,4-16H2,1-3H3. The van der Waals surface area contributed by atoms with Gasteiger partial charge in [0.1, 0.15) is 5.94 Å². The van der Waals surface area contributed by atoms with Crippen LogP contribution in [0.3, 0.4) is 0 Å². The summed E-state index contributed by atoms with van der Waals surface area (Å²) in [5.74, 6) is 0.857. The van der Waals surface area contributed by atoms with E-state index in [1.807, 2.05) is 10.8 Å². The second kappa shape index (κ2) is 17.7. The number of unbranched alkanes of at least 4 members (excludes halogenated alkanes) is 8. The van der Waals surface area contributed by atoms with Crippen LogP contribution < -0.4 is 0 Å². The predicted octanol–water partition coefficient (Wildman–Crippen LogP) is 7.06. The van der Waals surface area contributed by atoms with Gasteiger partial charge in [0.2, 0.25) is 0 Å². The fraction of sp³-hybridized carbons (Fsp3) is 1.00. The molecule has 0 spiro atoms. The third kappa shape index (κ3) is 15.1. The minimum atomic E-state index is 0.512. The van der Waals surface area contributed by atoms with E-state index < -0.39 is 0 Å². The molecule has 0 aliphatic rings. The smallest absolute Gasteiger partial charge is 0.102 e. The molecule has 1 nitrogen and oxygen atoms in total. The fourth-order valence-corrected chi connectivity index (χ4v) is 3.23. The molecular formula is C17H36OS2. The van der Waals surface area contributed by atoms with Gasteiger partial charge in [0, 0.05) is 0 Å². The van der Waals surface area contributed by atoms with Gasteiger partial charge in [-0.2, -0.15) is 0 Å². The van der Waals surface area contributed by atoms with Gasteiger partial charge < -0.3 is 4.74 Å². The molecule has 0 aliphatic heterocycles. The first-order valence-corrected chi connectivity index (χ1v) is 11.3. The molecule has 0 unspecified atom stereocenters. The van der Waals surface area contributed by atoms with Crippen LogP contribution in [0.5, 0.6) is 0 Å². The fourth-order valence-electron chi connectivity index (χ4n) is 2.43. The van der Waals surface area contributed by atoms with E-state index in [9.17, 15) is 0 Å². The number of rotatable bonds is 16. The third-order valence-electron chi connectivity index (χ3n) is 3.73. The molecule has 0 rings (SSSR count). The largest absolute Gasteiger partial charge is 0.367 e. The quantitative estimate of drug-likeness (QED) is 0.171. The lowest BCUT2D eigenvalue weighted by Gasteiger charge is -2.17. The van der Waals surface area contributed by atoms with Crippen LogP contribution in [0.15, 0.2) is 0 Å². The normalized spacial score (nSPS) is 11.4. The average Bonchev–Trinajstić information content (AvgIpc) is 2.46. The Balaban J connectivity index is 3.64. The summed E-state index contributed by atoms with van der Waals surface area (Å²) in [6.45, 7) is 4.56. The van der Waals surface area contributed by atoms with Gasteiger partial charge in [0.05, 0.1) is 6.10 Å². The lowest BCUT2D eigenvalue weighted by molar-refractivity contribution is 0.0723. The van der Waals surface area contributed by atoms with Gasteiger partial charge in [-0.1, -0.05) is 99.6 Å². The van der Waals surface area contributed by atoms with Crippen molar-refractivity contribution in [3.8, 4) is 0 Å². The molecule has 0 aromatic carbocycles. The van der Waals surface area contributed by atoms with Crippen molar-refractivity contribution in [3.05, 3.63) is 0 Å². The van der Waals surface area contributed by atoms with Crippen molar-refractivity contribution in [2.45, 2.75) is 97.0 Å². The lowest BCUT2D eigenvalue weighted by Crippen LogP contribution is -2.12. The molecule has 0 radical (unpaired) electrons. The summed E-state index contributed by atoms with van der Waals surface area (Å²) in [4.78, 5) is 0. The summed E-state index contributed by atoms with van der Waals surface area (Å²) in [5, 5.41) is 0. The summed E-state index contributed by atoms with van der Waals surface area (Å²) >= 11 is 0. The second-order valence-corrected chi connectivity index (χ2v) is 8.11. The highest BCUT2D eigenvalue weighted by Gasteiger charge is 2.08. The van der Waals surface area contributed by atoms with Crippen LogP contribution >= 0.6 is 21.6 Å². The summed E-state index contributed by atoms with van der Waals surface area (Å²) in [6.07, 6.45) is 18.9. The Bertz CT molecular complexity index is 162. The maximum absolute atomic E-state index is 6.04. The third-order valence-corrected chi connectivity index (χ3v) is 5.19. The van der Waals surface area contributed by atoms with Gasteiger partial charge in [-0.3, -0.25) is 0 Å². The molecule has 0 heterocycles. The predicted molar refractivity (Wildman–Crippen MR) is 97.6 cm³/mol. The van der Waals surface area contributed by atoms with Crippen LogP contribution in [0.2, 0.25) is 0 Å². The van der Waals surface area contributed by atoms with Crippen molar-refractivity contribution in [2.24, 2.45) is 0 Å². The molecule has 0 saturated carbocycles. The highest BCUT2D eigenvalue weighted by molar-refractivity contribution is 8.76. The maximum Gasteiger partial charge on any atom is 0.102 e. The maximum atomic E-state index is 6.04. The molecule has 3 heteroatoms. The molecule has 0 saturated heterocycles. The van der Waals surface area contributed by atoms with Crippen LogP contribution in [0.1, 0.15) is 90.9 Å². The van der Waals surface area contributed by atoms with Gasteiger partial charge in [-0.25, -0.2) is 0 Å². The molecule has 0 atom stereocenters. The summed E-state index contributed by atoms with van der Waals surface area (Å²) in [6, 6.07) is 0. The lowest BCUT2D eigenvalue weighted by atomic mass is 10.0. The van der Waals surface area contributed by atoms with Crippen molar-refractivity contribution in [3.63, 3.8) is 0 Å². The zero-order chi connectivity index (χ0) is 14.9. The molecule has 20 heavy (non-hydrogen) atoms. The van der Waals surface area contributed by atoms with E-state index in [0.717, 1.165) is 5.94 Å². The summed E-state index contributed by atoms with van der Waals surface area (Å²) < 4.78 is 6.04. The topological polar surface area (TPSA) is 9.23 Å². The van der Waals surface area contributed by atoms with E-state index in [1.54, 1.807) is 10.8 Å². The van der Waals surface area contributed by atoms with E-state index in [0.29, 0.717) is 6.10 Å². The minimum absolute atomic E-state index is 0.512. The number of hydrogen-bond acceptors (Lipinski definition) is 3. The van der Waals surface area contributed by atoms with Crippen LogP contribution in [0.25, 0.3) is 0 Å². The molecule has 0 bridgehead atoms. The highest BCUT2D eigenvalue weighted by atomic mass is 33.1. The Labute approximate surface area is 135 Å². The van der Waals surface area contributed by atoms with Crippen LogP contribution in [-0.4, -0.2) is 18.3 Å². The van der Waals surface area contributed by atoms with Gasteiger partial charge in [-0.05, 0) is 19.1 Å². The minimum Gasteiger partial charge on any atom is -0.367 e. The van der Waals surface area contributed by atoms with Crippen LogP contribution in [-0.2, 0) is 4.74 Å². The molecule has 0 amide bonds. The molecule has 122 valence electrons.